The molecule has 3 heterocycles. The Morgan fingerprint density at radius 2 is 2.04 bits per heavy atom. The Bertz CT molecular complexity index is 820. The fraction of sp³-hybridized carbons (Fsp3) is 0.500. The SMILES string of the molecule is Cc1cc(C(=O)N2C[C@@H]3COC[C@H](C2)N(C)C3)c2cccc(C)c2n1. The van der Waals surface area contributed by atoms with Crippen LogP contribution >= 0.6 is 0 Å². The zero-order chi connectivity index (χ0) is 17.6. The smallest absolute Gasteiger partial charge is 0.254 e. The highest BCUT2D eigenvalue weighted by Gasteiger charge is 2.34. The van der Waals surface area contributed by atoms with E-state index in [0.717, 1.165) is 54.0 Å². The Balaban J connectivity index is 1.74. The van der Waals surface area contributed by atoms with Crippen LogP contribution in [0.15, 0.2) is 24.3 Å². The quantitative estimate of drug-likeness (QED) is 0.799. The number of fused-ring (bicyclic) bond motifs is 4. The van der Waals surface area contributed by atoms with Crippen molar-refractivity contribution in [3.05, 3.63) is 41.1 Å². The molecule has 2 fully saturated rings. The molecule has 5 nitrogen and oxygen atoms in total. The van der Waals surface area contributed by atoms with E-state index in [1.165, 1.54) is 0 Å². The van der Waals surface area contributed by atoms with Gasteiger partial charge in [-0.3, -0.25) is 14.7 Å². The summed E-state index contributed by atoms with van der Waals surface area (Å²) in [6, 6.07) is 8.27. The Kier molecular flexibility index (Phi) is 4.21. The molecular weight excluding hydrogens is 314 g/mol. The zero-order valence-electron chi connectivity index (χ0n) is 15.2. The number of aryl methyl sites for hydroxylation is 2. The number of carbonyl (C=O) groups excluding carboxylic acids is 1. The van der Waals surface area contributed by atoms with Gasteiger partial charge in [-0.1, -0.05) is 18.2 Å². The molecule has 1 amide bonds. The molecule has 2 saturated heterocycles. The van der Waals surface area contributed by atoms with E-state index >= 15 is 0 Å². The molecule has 2 aliphatic heterocycles. The normalized spacial score (nSPS) is 24.4. The molecule has 0 spiro atoms. The lowest BCUT2D eigenvalue weighted by Gasteiger charge is -2.30. The summed E-state index contributed by atoms with van der Waals surface area (Å²) in [5.41, 5.74) is 3.70. The molecule has 25 heavy (non-hydrogen) atoms. The van der Waals surface area contributed by atoms with Crippen LogP contribution in [0.25, 0.3) is 10.9 Å². The molecule has 4 rings (SSSR count). The molecule has 2 aliphatic rings. The van der Waals surface area contributed by atoms with E-state index in [1.54, 1.807) is 0 Å². The predicted molar refractivity (Wildman–Crippen MR) is 97.8 cm³/mol. The first-order valence-corrected chi connectivity index (χ1v) is 8.97. The first kappa shape index (κ1) is 16.5. The third-order valence-corrected chi connectivity index (χ3v) is 5.43. The van der Waals surface area contributed by atoms with Crippen molar-refractivity contribution < 1.29 is 9.53 Å². The first-order chi connectivity index (χ1) is 12.0. The minimum atomic E-state index is 0.119. The summed E-state index contributed by atoms with van der Waals surface area (Å²) in [6.07, 6.45) is 0. The number of likely N-dealkylation sites (N-methyl/N-ethyl adjacent to an activating group) is 1. The molecule has 0 saturated carbocycles. The zero-order valence-corrected chi connectivity index (χ0v) is 15.2. The second-order valence-electron chi connectivity index (χ2n) is 7.49. The average molecular weight is 339 g/mol. The van der Waals surface area contributed by atoms with E-state index in [2.05, 4.69) is 16.9 Å². The average Bonchev–Trinajstić information content (AvgIpc) is 2.83. The second kappa shape index (κ2) is 6.39. The molecule has 2 aromatic rings. The highest BCUT2D eigenvalue weighted by Crippen LogP contribution is 2.25. The maximum atomic E-state index is 13.4. The topological polar surface area (TPSA) is 45.7 Å². The van der Waals surface area contributed by atoms with Gasteiger partial charge in [0.05, 0.1) is 30.3 Å². The number of rotatable bonds is 1. The second-order valence-corrected chi connectivity index (χ2v) is 7.49. The van der Waals surface area contributed by atoms with Crippen molar-refractivity contribution in [2.75, 3.05) is 39.9 Å². The molecule has 1 aromatic heterocycles. The monoisotopic (exact) mass is 339 g/mol. The first-order valence-electron chi connectivity index (χ1n) is 8.97. The Hall–Kier alpha value is -1.98. The van der Waals surface area contributed by atoms with E-state index in [4.69, 9.17) is 4.74 Å². The summed E-state index contributed by atoms with van der Waals surface area (Å²) in [6.45, 7) is 7.91. The minimum Gasteiger partial charge on any atom is -0.379 e. The number of pyridine rings is 1. The van der Waals surface area contributed by atoms with E-state index in [1.807, 2.05) is 43.0 Å². The lowest BCUT2D eigenvalue weighted by molar-refractivity contribution is 0.0435. The van der Waals surface area contributed by atoms with Crippen LogP contribution in [0.4, 0.5) is 0 Å². The highest BCUT2D eigenvalue weighted by atomic mass is 16.5. The van der Waals surface area contributed by atoms with Crippen molar-refractivity contribution in [2.24, 2.45) is 5.92 Å². The molecule has 132 valence electrons. The standard InChI is InChI=1S/C20H25N3O2/c1-13-5-4-6-17-18(7-14(2)21-19(13)17)20(24)23-9-15-8-22(3)16(10-23)12-25-11-15/h4-7,15-16H,8-12H2,1-3H3/t15-,16+/m1/s1. The van der Waals surface area contributed by atoms with Crippen LogP contribution in [-0.4, -0.2) is 66.6 Å². The van der Waals surface area contributed by atoms with E-state index in [-0.39, 0.29) is 11.9 Å². The van der Waals surface area contributed by atoms with Crippen molar-refractivity contribution >= 4 is 16.8 Å². The van der Waals surface area contributed by atoms with E-state index in [9.17, 15) is 4.79 Å². The number of ether oxygens (including phenoxy) is 1. The number of para-hydroxylation sites is 1. The summed E-state index contributed by atoms with van der Waals surface area (Å²) >= 11 is 0. The van der Waals surface area contributed by atoms with Gasteiger partial charge in [0.25, 0.3) is 5.91 Å². The van der Waals surface area contributed by atoms with Crippen LogP contribution in [0.2, 0.25) is 0 Å². The number of benzene rings is 1. The van der Waals surface area contributed by atoms with Gasteiger partial charge in [0, 0.05) is 36.6 Å². The largest absolute Gasteiger partial charge is 0.379 e. The van der Waals surface area contributed by atoms with Crippen molar-refractivity contribution in [1.29, 1.82) is 0 Å². The molecule has 5 heteroatoms. The number of amides is 1. The molecule has 0 unspecified atom stereocenters. The van der Waals surface area contributed by atoms with Crippen molar-refractivity contribution in [3.63, 3.8) is 0 Å². The number of hydrogen-bond donors (Lipinski definition) is 0. The molecule has 2 bridgehead atoms. The lowest BCUT2D eigenvalue weighted by atomic mass is 10.0. The molecular formula is C20H25N3O2. The Labute approximate surface area is 148 Å². The molecule has 1 aromatic carbocycles. The Morgan fingerprint density at radius 3 is 2.88 bits per heavy atom. The van der Waals surface area contributed by atoms with Gasteiger partial charge < -0.3 is 9.64 Å². The van der Waals surface area contributed by atoms with Gasteiger partial charge in [-0.2, -0.15) is 0 Å². The van der Waals surface area contributed by atoms with Crippen molar-refractivity contribution in [1.82, 2.24) is 14.8 Å². The summed E-state index contributed by atoms with van der Waals surface area (Å²) in [7, 11) is 2.13. The van der Waals surface area contributed by atoms with Crippen LogP contribution in [-0.2, 0) is 4.74 Å². The van der Waals surface area contributed by atoms with E-state index in [0.29, 0.717) is 12.5 Å². The van der Waals surface area contributed by atoms with Crippen molar-refractivity contribution in [3.8, 4) is 0 Å². The maximum Gasteiger partial charge on any atom is 0.254 e. The summed E-state index contributed by atoms with van der Waals surface area (Å²) in [5, 5.41) is 0.953. The third-order valence-electron chi connectivity index (χ3n) is 5.43. The van der Waals surface area contributed by atoms with Gasteiger partial charge in [-0.25, -0.2) is 0 Å². The highest BCUT2D eigenvalue weighted by molar-refractivity contribution is 6.06. The van der Waals surface area contributed by atoms with Gasteiger partial charge in [-0.05, 0) is 32.5 Å². The molecule has 0 radical (unpaired) electrons. The van der Waals surface area contributed by atoms with Gasteiger partial charge >= 0.3 is 0 Å². The van der Waals surface area contributed by atoms with Crippen LogP contribution in [0.1, 0.15) is 21.6 Å². The molecule has 0 aliphatic carbocycles. The van der Waals surface area contributed by atoms with Gasteiger partial charge in [0.2, 0.25) is 0 Å². The van der Waals surface area contributed by atoms with Crippen molar-refractivity contribution in [2.45, 2.75) is 19.9 Å². The summed E-state index contributed by atoms with van der Waals surface area (Å²) in [5.74, 6) is 0.491. The maximum absolute atomic E-state index is 13.4. The lowest BCUT2D eigenvalue weighted by Crippen LogP contribution is -2.44. The van der Waals surface area contributed by atoms with Crippen LogP contribution in [0.3, 0.4) is 0 Å². The number of nitrogens with zero attached hydrogens (tertiary/aromatic N) is 3. The minimum absolute atomic E-state index is 0.119. The fourth-order valence-corrected chi connectivity index (χ4v) is 4.08. The number of aromatic nitrogens is 1. The summed E-state index contributed by atoms with van der Waals surface area (Å²) < 4.78 is 5.78. The van der Waals surface area contributed by atoms with Gasteiger partial charge in [-0.15, -0.1) is 0 Å². The summed E-state index contributed by atoms with van der Waals surface area (Å²) in [4.78, 5) is 22.4. The predicted octanol–water partition coefficient (Wildman–Crippen LogP) is 2.25. The fourth-order valence-electron chi connectivity index (χ4n) is 4.08. The number of hydrogen-bond acceptors (Lipinski definition) is 4. The van der Waals surface area contributed by atoms with E-state index < -0.39 is 0 Å². The van der Waals surface area contributed by atoms with Gasteiger partial charge in [0.1, 0.15) is 0 Å². The molecule has 2 atom stereocenters. The molecule has 0 N–H and O–H groups in total. The third kappa shape index (κ3) is 3.02. The van der Waals surface area contributed by atoms with Crippen LogP contribution in [0.5, 0.6) is 0 Å². The van der Waals surface area contributed by atoms with Crippen LogP contribution in [0, 0.1) is 19.8 Å². The van der Waals surface area contributed by atoms with Gasteiger partial charge in [0.15, 0.2) is 0 Å². The number of carbonyl (C=O) groups is 1. The van der Waals surface area contributed by atoms with Crippen LogP contribution < -0.4 is 0 Å². The Morgan fingerprint density at radius 1 is 1.20 bits per heavy atom.